The number of benzene rings is 1. The first-order valence-corrected chi connectivity index (χ1v) is 5.81. The molecule has 0 fully saturated rings. The first kappa shape index (κ1) is 11.2. The molecule has 1 aromatic carbocycles. The molecule has 2 aromatic rings. The molecule has 0 aliphatic carbocycles. The van der Waals surface area contributed by atoms with Gasteiger partial charge in [0.05, 0.1) is 14.5 Å². The number of nitrogens with two attached hydrogens (primary N) is 1. The molecule has 0 unspecified atom stereocenters. The standard InChI is InChI=1S/C9H7BrCl2N2O/c10-7-4(11)3-5(12)8-9(7)15-6(14-8)1-2-13/h3H,1-2,13H2. The fraction of sp³-hybridized carbons (Fsp3) is 0.222. The highest BCUT2D eigenvalue weighted by molar-refractivity contribution is 9.10. The summed E-state index contributed by atoms with van der Waals surface area (Å²) in [6, 6.07) is 1.63. The van der Waals surface area contributed by atoms with Crippen LogP contribution in [0.2, 0.25) is 10.0 Å². The summed E-state index contributed by atoms with van der Waals surface area (Å²) in [5.41, 5.74) is 6.59. The zero-order valence-corrected chi connectivity index (χ0v) is 10.7. The van der Waals surface area contributed by atoms with E-state index < -0.39 is 0 Å². The second-order valence-corrected chi connectivity index (χ2v) is 4.59. The molecule has 2 N–H and O–H groups in total. The van der Waals surface area contributed by atoms with Gasteiger partial charge in [0.1, 0.15) is 5.52 Å². The average Bonchev–Trinajstić information content (AvgIpc) is 2.60. The first-order chi connectivity index (χ1) is 7.13. The monoisotopic (exact) mass is 308 g/mol. The van der Waals surface area contributed by atoms with Gasteiger partial charge < -0.3 is 10.2 Å². The minimum atomic E-state index is 0.477. The van der Waals surface area contributed by atoms with Crippen LogP contribution >= 0.6 is 39.1 Å². The number of aromatic nitrogens is 1. The van der Waals surface area contributed by atoms with Crippen molar-refractivity contribution >= 4 is 50.2 Å². The Morgan fingerprint density at radius 2 is 2.13 bits per heavy atom. The maximum atomic E-state index is 5.99. The number of hydrogen-bond donors (Lipinski definition) is 1. The molecule has 80 valence electrons. The number of nitrogens with zero attached hydrogens (tertiary/aromatic N) is 1. The van der Waals surface area contributed by atoms with Crippen molar-refractivity contribution in [1.82, 2.24) is 4.98 Å². The molecule has 0 bridgehead atoms. The van der Waals surface area contributed by atoms with Crippen LogP contribution in [0.4, 0.5) is 0 Å². The van der Waals surface area contributed by atoms with Gasteiger partial charge in [0.25, 0.3) is 0 Å². The van der Waals surface area contributed by atoms with Gasteiger partial charge in [-0.2, -0.15) is 0 Å². The van der Waals surface area contributed by atoms with Crippen molar-refractivity contribution < 1.29 is 4.42 Å². The van der Waals surface area contributed by atoms with Crippen LogP contribution in [-0.2, 0) is 6.42 Å². The van der Waals surface area contributed by atoms with Crippen LogP contribution in [0.25, 0.3) is 11.1 Å². The lowest BCUT2D eigenvalue weighted by molar-refractivity contribution is 0.530. The third-order valence-electron chi connectivity index (χ3n) is 1.92. The summed E-state index contributed by atoms with van der Waals surface area (Å²) in [5.74, 6) is 0.567. The molecule has 0 saturated carbocycles. The van der Waals surface area contributed by atoms with Crippen molar-refractivity contribution in [2.45, 2.75) is 6.42 Å². The van der Waals surface area contributed by atoms with E-state index in [0.717, 1.165) is 0 Å². The Balaban J connectivity index is 2.68. The topological polar surface area (TPSA) is 52.0 Å². The summed E-state index contributed by atoms with van der Waals surface area (Å²) < 4.78 is 6.16. The van der Waals surface area contributed by atoms with Gasteiger partial charge >= 0.3 is 0 Å². The number of fused-ring (bicyclic) bond motifs is 1. The van der Waals surface area contributed by atoms with Crippen molar-refractivity contribution in [2.24, 2.45) is 5.73 Å². The van der Waals surface area contributed by atoms with Crippen molar-refractivity contribution in [3.05, 3.63) is 26.5 Å². The zero-order valence-electron chi connectivity index (χ0n) is 7.56. The van der Waals surface area contributed by atoms with E-state index in [-0.39, 0.29) is 0 Å². The molecular formula is C9H7BrCl2N2O. The Morgan fingerprint density at radius 1 is 1.40 bits per heavy atom. The highest BCUT2D eigenvalue weighted by Crippen LogP contribution is 2.36. The van der Waals surface area contributed by atoms with Gasteiger partial charge in [-0.3, -0.25) is 0 Å². The van der Waals surface area contributed by atoms with Gasteiger partial charge in [0.15, 0.2) is 11.5 Å². The van der Waals surface area contributed by atoms with E-state index in [1.807, 2.05) is 0 Å². The molecule has 1 aromatic heterocycles. The highest BCUT2D eigenvalue weighted by Gasteiger charge is 2.14. The first-order valence-electron chi connectivity index (χ1n) is 4.26. The molecule has 0 aliphatic rings. The lowest BCUT2D eigenvalue weighted by Crippen LogP contribution is -2.02. The Labute approximate surface area is 105 Å². The predicted molar refractivity (Wildman–Crippen MR) is 64.5 cm³/mol. The smallest absolute Gasteiger partial charge is 0.196 e. The zero-order chi connectivity index (χ0) is 11.0. The summed E-state index contributed by atoms with van der Waals surface area (Å²) in [6.45, 7) is 0.482. The fourth-order valence-electron chi connectivity index (χ4n) is 1.26. The highest BCUT2D eigenvalue weighted by atomic mass is 79.9. The molecule has 0 aliphatic heterocycles. The Bertz CT molecular complexity index is 512. The molecule has 0 saturated heterocycles. The molecule has 0 radical (unpaired) electrons. The van der Waals surface area contributed by atoms with Crippen LogP contribution in [-0.4, -0.2) is 11.5 Å². The third kappa shape index (κ3) is 1.99. The van der Waals surface area contributed by atoms with Gasteiger partial charge in [-0.1, -0.05) is 23.2 Å². The number of rotatable bonds is 2. The average molecular weight is 310 g/mol. The molecule has 0 atom stereocenters. The number of oxazole rings is 1. The Morgan fingerprint density at radius 3 is 2.80 bits per heavy atom. The summed E-state index contributed by atoms with van der Waals surface area (Å²) in [4.78, 5) is 4.24. The van der Waals surface area contributed by atoms with Gasteiger partial charge in [-0.05, 0) is 22.0 Å². The molecule has 0 spiro atoms. The van der Waals surface area contributed by atoms with E-state index in [0.29, 0.717) is 44.5 Å². The molecule has 6 heteroatoms. The predicted octanol–water partition coefficient (Wildman–Crippen LogP) is 3.40. The van der Waals surface area contributed by atoms with Crippen LogP contribution in [0.5, 0.6) is 0 Å². The molecule has 3 nitrogen and oxygen atoms in total. The van der Waals surface area contributed by atoms with Gasteiger partial charge in [0.2, 0.25) is 0 Å². The third-order valence-corrected chi connectivity index (χ3v) is 3.52. The summed E-state index contributed by atoms with van der Waals surface area (Å²) in [6.07, 6.45) is 0.578. The lowest BCUT2D eigenvalue weighted by Gasteiger charge is -1.96. The second kappa shape index (κ2) is 4.29. The minimum Gasteiger partial charge on any atom is -0.439 e. The number of halogens is 3. The fourth-order valence-corrected chi connectivity index (χ4v) is 2.13. The van der Waals surface area contributed by atoms with E-state index >= 15 is 0 Å². The maximum Gasteiger partial charge on any atom is 0.196 e. The van der Waals surface area contributed by atoms with Crippen molar-refractivity contribution in [3.63, 3.8) is 0 Å². The summed E-state index contributed by atoms with van der Waals surface area (Å²) in [5, 5.41) is 0.980. The van der Waals surface area contributed by atoms with E-state index in [9.17, 15) is 0 Å². The summed E-state index contributed by atoms with van der Waals surface area (Å²) >= 11 is 15.2. The van der Waals surface area contributed by atoms with Gasteiger partial charge in [-0.15, -0.1) is 0 Å². The van der Waals surface area contributed by atoms with Crippen LogP contribution < -0.4 is 5.73 Å². The van der Waals surface area contributed by atoms with Gasteiger partial charge in [-0.25, -0.2) is 4.98 Å². The maximum absolute atomic E-state index is 5.99. The van der Waals surface area contributed by atoms with Crippen LogP contribution in [0, 0.1) is 0 Å². The molecule has 1 heterocycles. The lowest BCUT2D eigenvalue weighted by atomic mass is 10.3. The van der Waals surface area contributed by atoms with E-state index in [1.165, 1.54) is 0 Å². The number of hydrogen-bond acceptors (Lipinski definition) is 3. The summed E-state index contributed by atoms with van der Waals surface area (Å²) in [7, 11) is 0. The van der Waals surface area contributed by atoms with Crippen LogP contribution in [0.15, 0.2) is 15.0 Å². The van der Waals surface area contributed by atoms with Crippen LogP contribution in [0.3, 0.4) is 0 Å². The van der Waals surface area contributed by atoms with Crippen molar-refractivity contribution in [2.75, 3.05) is 6.54 Å². The molecule has 2 rings (SSSR count). The quantitative estimate of drug-likeness (QED) is 0.865. The van der Waals surface area contributed by atoms with Crippen molar-refractivity contribution in [3.8, 4) is 0 Å². The van der Waals surface area contributed by atoms with E-state index in [4.69, 9.17) is 33.4 Å². The largest absolute Gasteiger partial charge is 0.439 e. The Kier molecular flexibility index (Phi) is 3.21. The van der Waals surface area contributed by atoms with E-state index in [2.05, 4.69) is 20.9 Å². The molecule has 15 heavy (non-hydrogen) atoms. The normalized spacial score (nSPS) is 11.2. The minimum absolute atomic E-state index is 0.477. The Hall–Kier alpha value is -0.290. The van der Waals surface area contributed by atoms with Crippen LogP contribution in [0.1, 0.15) is 5.89 Å². The van der Waals surface area contributed by atoms with Crippen molar-refractivity contribution in [1.29, 1.82) is 0 Å². The molecular weight excluding hydrogens is 303 g/mol. The van der Waals surface area contributed by atoms with Gasteiger partial charge in [0, 0.05) is 13.0 Å². The second-order valence-electron chi connectivity index (χ2n) is 2.98. The molecule has 0 amide bonds. The SMILES string of the molecule is NCCc1nc2c(Cl)cc(Cl)c(Br)c2o1. The van der Waals surface area contributed by atoms with E-state index in [1.54, 1.807) is 6.07 Å².